The van der Waals surface area contributed by atoms with Crippen molar-refractivity contribution in [3.05, 3.63) is 24.3 Å². The maximum atomic E-state index is 4.81. The first-order valence-electron chi connectivity index (χ1n) is 2.45. The van der Waals surface area contributed by atoms with Gasteiger partial charge in [0.2, 0.25) is 0 Å². The van der Waals surface area contributed by atoms with Crippen LogP contribution in [0, 0.1) is 0 Å². The molecule has 0 spiro atoms. The van der Waals surface area contributed by atoms with Crippen molar-refractivity contribution < 1.29 is 0 Å². The van der Waals surface area contributed by atoms with Crippen LogP contribution in [0.25, 0.3) is 0 Å². The van der Waals surface area contributed by atoms with E-state index in [1.807, 2.05) is 24.3 Å². The summed E-state index contributed by atoms with van der Waals surface area (Å²) in [5, 5.41) is 1.16. The lowest BCUT2D eigenvalue weighted by molar-refractivity contribution is 1.50. The second kappa shape index (κ2) is 3.31. The Balaban J connectivity index is 3.01. The lowest BCUT2D eigenvalue weighted by Crippen LogP contribution is -1.86. The van der Waals surface area contributed by atoms with E-state index >= 15 is 0 Å². The van der Waals surface area contributed by atoms with Crippen LogP contribution in [0.15, 0.2) is 29.2 Å². The van der Waals surface area contributed by atoms with Crippen molar-refractivity contribution >= 4 is 37.1 Å². The van der Waals surface area contributed by atoms with Crippen LogP contribution in [0.4, 0.5) is 0 Å². The Morgan fingerprint density at radius 3 is 2.22 bits per heavy atom. The molecule has 0 unspecified atom stereocenters. The molecule has 0 bridgehead atoms. The summed E-state index contributed by atoms with van der Waals surface area (Å²) in [4.78, 5) is 0.984. The Labute approximate surface area is 66.5 Å². The molecule has 0 amide bonds. The molecule has 1 rings (SSSR count). The molecular weight excluding hydrogens is 167 g/mol. The van der Waals surface area contributed by atoms with Crippen LogP contribution in [-0.4, -0.2) is 0 Å². The van der Waals surface area contributed by atoms with Crippen LogP contribution in [-0.2, 0) is 11.8 Å². The van der Waals surface area contributed by atoms with Crippen molar-refractivity contribution in [1.29, 1.82) is 0 Å². The predicted molar refractivity (Wildman–Crippen MR) is 47.6 cm³/mol. The molecule has 0 aliphatic rings. The van der Waals surface area contributed by atoms with Gasteiger partial charge in [-0.25, -0.2) is 0 Å². The summed E-state index contributed by atoms with van der Waals surface area (Å²) >= 11 is 8.94. The van der Waals surface area contributed by atoms with Crippen LogP contribution in [0.1, 0.15) is 0 Å². The fourth-order valence-corrected chi connectivity index (χ4v) is 1.30. The number of rotatable bonds is 1. The van der Waals surface area contributed by atoms with Gasteiger partial charge in [-0.1, -0.05) is 11.8 Å². The average molecular weight is 172 g/mol. The van der Waals surface area contributed by atoms with Crippen molar-refractivity contribution in [2.75, 3.05) is 0 Å². The summed E-state index contributed by atoms with van der Waals surface area (Å²) in [7, 11) is 0.901. The smallest absolute Gasteiger partial charge is 0.0128 e. The Hall–Kier alpha value is 0.0900. The van der Waals surface area contributed by atoms with Gasteiger partial charge in [-0.15, -0.1) is 12.6 Å². The van der Waals surface area contributed by atoms with E-state index in [1.54, 1.807) is 0 Å². The van der Waals surface area contributed by atoms with Gasteiger partial charge in [0.25, 0.3) is 0 Å². The molecule has 0 aliphatic heterocycles. The first-order chi connectivity index (χ1) is 4.33. The highest BCUT2D eigenvalue weighted by Crippen LogP contribution is 2.04. The molecule has 3 heteroatoms. The Bertz CT molecular complexity index is 205. The summed E-state index contributed by atoms with van der Waals surface area (Å²) in [6, 6.07) is 7.85. The first-order valence-corrected chi connectivity index (χ1v) is 4.81. The highest BCUT2D eigenvalue weighted by Gasteiger charge is 1.84. The van der Waals surface area contributed by atoms with Gasteiger partial charge in [-0.2, -0.15) is 0 Å². The van der Waals surface area contributed by atoms with Crippen LogP contribution in [0.2, 0.25) is 0 Å². The third kappa shape index (κ3) is 2.05. The van der Waals surface area contributed by atoms with Gasteiger partial charge in [-0.05, 0) is 24.3 Å². The molecule has 0 atom stereocenters. The maximum absolute atomic E-state index is 4.81. The molecule has 0 radical (unpaired) electrons. The predicted octanol–water partition coefficient (Wildman–Crippen LogP) is 2.01. The van der Waals surface area contributed by atoms with E-state index < -0.39 is 0 Å². The summed E-state index contributed by atoms with van der Waals surface area (Å²) in [5.74, 6) is 0. The molecule has 0 aliphatic carbocycles. The van der Waals surface area contributed by atoms with E-state index in [0.717, 1.165) is 17.6 Å². The molecule has 0 aromatic heterocycles. The summed E-state index contributed by atoms with van der Waals surface area (Å²) in [5.41, 5.74) is 0. The Morgan fingerprint density at radius 2 is 1.78 bits per heavy atom. The number of hydrogen-bond acceptors (Lipinski definition) is 2. The zero-order chi connectivity index (χ0) is 6.69. The van der Waals surface area contributed by atoms with E-state index in [9.17, 15) is 0 Å². The second-order valence-corrected chi connectivity index (χ2v) is 3.37. The molecule has 0 saturated heterocycles. The van der Waals surface area contributed by atoms with E-state index in [-0.39, 0.29) is 0 Å². The summed E-state index contributed by atoms with van der Waals surface area (Å²) in [6.45, 7) is 0. The molecular formula is C6H5PS2. The Morgan fingerprint density at radius 1 is 1.22 bits per heavy atom. The zero-order valence-corrected chi connectivity index (χ0v) is 7.22. The van der Waals surface area contributed by atoms with Crippen LogP contribution in [0.5, 0.6) is 0 Å². The summed E-state index contributed by atoms with van der Waals surface area (Å²) < 4.78 is 0. The molecule has 9 heavy (non-hydrogen) atoms. The lowest BCUT2D eigenvalue weighted by atomic mass is 10.4. The normalized spacial score (nSPS) is 9.89. The van der Waals surface area contributed by atoms with Gasteiger partial charge in [0.05, 0.1) is 0 Å². The van der Waals surface area contributed by atoms with Crippen LogP contribution < -0.4 is 5.30 Å². The van der Waals surface area contributed by atoms with E-state index in [4.69, 9.17) is 11.8 Å². The van der Waals surface area contributed by atoms with Crippen LogP contribution in [0.3, 0.4) is 0 Å². The van der Waals surface area contributed by atoms with Gasteiger partial charge in [-0.3, -0.25) is 0 Å². The quantitative estimate of drug-likeness (QED) is 0.499. The third-order valence-corrected chi connectivity index (χ3v) is 2.39. The van der Waals surface area contributed by atoms with Gasteiger partial charge in [0, 0.05) is 17.6 Å². The minimum atomic E-state index is 0.901. The zero-order valence-electron chi connectivity index (χ0n) is 4.61. The van der Waals surface area contributed by atoms with Gasteiger partial charge >= 0.3 is 0 Å². The maximum Gasteiger partial charge on any atom is 0.0128 e. The number of thiol groups is 1. The highest BCUT2D eigenvalue weighted by molar-refractivity contribution is 7.99. The first kappa shape index (κ1) is 7.20. The Kier molecular flexibility index (Phi) is 2.65. The largest absolute Gasteiger partial charge is 0.143 e. The van der Waals surface area contributed by atoms with Gasteiger partial charge in [0.1, 0.15) is 0 Å². The SMILES string of the molecule is S=Pc1ccc(S)cc1. The second-order valence-electron chi connectivity index (χ2n) is 1.61. The summed E-state index contributed by atoms with van der Waals surface area (Å²) in [6.07, 6.45) is 0. The van der Waals surface area contributed by atoms with Crippen molar-refractivity contribution in [2.45, 2.75) is 4.90 Å². The van der Waals surface area contributed by atoms with E-state index in [2.05, 4.69) is 12.6 Å². The van der Waals surface area contributed by atoms with E-state index in [1.165, 1.54) is 0 Å². The van der Waals surface area contributed by atoms with Crippen molar-refractivity contribution in [1.82, 2.24) is 0 Å². The fourth-order valence-electron chi connectivity index (χ4n) is 0.513. The minimum Gasteiger partial charge on any atom is -0.143 e. The van der Waals surface area contributed by atoms with E-state index in [0.29, 0.717) is 0 Å². The lowest BCUT2D eigenvalue weighted by Gasteiger charge is -1.89. The molecule has 46 valence electrons. The number of benzene rings is 1. The fraction of sp³-hybridized carbons (Fsp3) is 0. The minimum absolute atomic E-state index is 0.901. The van der Waals surface area contributed by atoms with Crippen LogP contribution >= 0.6 is 20.0 Å². The topological polar surface area (TPSA) is 0 Å². The third-order valence-electron chi connectivity index (χ3n) is 0.955. The number of hydrogen-bond donors (Lipinski definition) is 1. The molecule has 0 N–H and O–H groups in total. The monoisotopic (exact) mass is 172 g/mol. The van der Waals surface area contributed by atoms with Crippen molar-refractivity contribution in [3.8, 4) is 0 Å². The molecule has 0 saturated carbocycles. The highest BCUT2D eigenvalue weighted by atomic mass is 32.4. The van der Waals surface area contributed by atoms with Gasteiger partial charge in [0.15, 0.2) is 0 Å². The standard InChI is InChI=1S/C6H5PS2/c8-6-3-1-5(7-9)2-4-6/h1-4,8H. The van der Waals surface area contributed by atoms with Gasteiger partial charge < -0.3 is 0 Å². The van der Waals surface area contributed by atoms with Crippen molar-refractivity contribution in [3.63, 3.8) is 0 Å². The molecule has 0 heterocycles. The molecule has 0 nitrogen and oxygen atoms in total. The molecule has 1 aromatic carbocycles. The van der Waals surface area contributed by atoms with Crippen molar-refractivity contribution in [2.24, 2.45) is 0 Å². The molecule has 1 aromatic rings. The molecule has 0 fully saturated rings. The average Bonchev–Trinajstić information content (AvgIpc) is 1.90.